The number of hydrogen-bond donors (Lipinski definition) is 3. The molecule has 0 aliphatic carbocycles. The van der Waals surface area contributed by atoms with Crippen LogP contribution >= 0.6 is 0 Å². The summed E-state index contributed by atoms with van der Waals surface area (Å²) in [7, 11) is 0. The zero-order valence-electron chi connectivity index (χ0n) is 11.8. The highest BCUT2D eigenvalue weighted by Gasteiger charge is 2.27. The Morgan fingerprint density at radius 2 is 2.10 bits per heavy atom. The minimum absolute atomic E-state index is 0.0151. The van der Waals surface area contributed by atoms with E-state index in [9.17, 15) is 4.79 Å². The van der Waals surface area contributed by atoms with Gasteiger partial charge in [-0.05, 0) is 54.9 Å². The van der Waals surface area contributed by atoms with Crippen LogP contribution in [0.4, 0.5) is 0 Å². The summed E-state index contributed by atoms with van der Waals surface area (Å²) in [5.74, 6) is 0.0151. The number of aromatic nitrogens is 1. The van der Waals surface area contributed by atoms with Crippen molar-refractivity contribution in [3.63, 3.8) is 0 Å². The number of benzene rings is 1. The van der Waals surface area contributed by atoms with Crippen molar-refractivity contribution in [1.29, 1.82) is 0 Å². The maximum atomic E-state index is 12.3. The molecule has 0 saturated carbocycles. The number of aromatic amines is 1. The van der Waals surface area contributed by atoms with Gasteiger partial charge < -0.3 is 15.6 Å². The number of amides is 1. The number of hydrogen-bond acceptors (Lipinski definition) is 2. The summed E-state index contributed by atoms with van der Waals surface area (Å²) in [6.07, 6.45) is 4.12. The highest BCUT2D eigenvalue weighted by atomic mass is 16.1. The van der Waals surface area contributed by atoms with Crippen molar-refractivity contribution >= 4 is 16.8 Å². The van der Waals surface area contributed by atoms with Crippen molar-refractivity contribution in [2.24, 2.45) is 5.41 Å². The smallest absolute Gasteiger partial charge is 0.251 e. The Morgan fingerprint density at radius 3 is 2.90 bits per heavy atom. The van der Waals surface area contributed by atoms with Gasteiger partial charge in [0.25, 0.3) is 5.91 Å². The van der Waals surface area contributed by atoms with E-state index in [-0.39, 0.29) is 11.3 Å². The second-order valence-corrected chi connectivity index (χ2v) is 6.02. The van der Waals surface area contributed by atoms with E-state index in [1.54, 1.807) is 0 Å². The number of carbonyl (C=O) groups excluding carboxylic acids is 1. The second kappa shape index (κ2) is 5.29. The zero-order chi connectivity index (χ0) is 14.0. The molecular formula is C16H21N3O. The molecule has 3 N–H and O–H groups in total. The van der Waals surface area contributed by atoms with Crippen LogP contribution in [0.3, 0.4) is 0 Å². The third-order valence-corrected chi connectivity index (χ3v) is 4.30. The van der Waals surface area contributed by atoms with Crippen molar-refractivity contribution < 1.29 is 4.79 Å². The Kier molecular flexibility index (Phi) is 3.49. The summed E-state index contributed by atoms with van der Waals surface area (Å²) < 4.78 is 0. The average Bonchev–Trinajstić information content (AvgIpc) is 2.93. The van der Waals surface area contributed by atoms with Gasteiger partial charge in [0.2, 0.25) is 0 Å². The highest BCUT2D eigenvalue weighted by molar-refractivity contribution is 5.97. The van der Waals surface area contributed by atoms with Gasteiger partial charge in [-0.2, -0.15) is 0 Å². The minimum Gasteiger partial charge on any atom is -0.361 e. The predicted octanol–water partition coefficient (Wildman–Crippen LogP) is 2.29. The van der Waals surface area contributed by atoms with Crippen LogP contribution in [0.15, 0.2) is 30.5 Å². The van der Waals surface area contributed by atoms with E-state index in [4.69, 9.17) is 0 Å². The molecule has 106 valence electrons. The van der Waals surface area contributed by atoms with Crippen LogP contribution in [0.1, 0.15) is 30.1 Å². The number of H-pyrrole nitrogens is 1. The summed E-state index contributed by atoms with van der Waals surface area (Å²) in [6, 6.07) is 7.78. The fraction of sp³-hybridized carbons (Fsp3) is 0.438. The summed E-state index contributed by atoms with van der Waals surface area (Å²) in [5, 5.41) is 7.58. The second-order valence-electron chi connectivity index (χ2n) is 6.02. The lowest BCUT2D eigenvalue weighted by molar-refractivity contribution is 0.0922. The fourth-order valence-corrected chi connectivity index (χ4v) is 2.79. The lowest BCUT2D eigenvalue weighted by Crippen LogP contribution is -2.42. The van der Waals surface area contributed by atoms with Gasteiger partial charge in [0.05, 0.1) is 0 Å². The standard InChI is InChI=1S/C16H21N3O/c1-16(5-8-17-9-6-16)11-19-15(20)13-3-2-12-4-7-18-14(12)10-13/h2-4,7,10,17-18H,5-6,8-9,11H2,1H3,(H,19,20). The predicted molar refractivity (Wildman–Crippen MR) is 80.8 cm³/mol. The SMILES string of the molecule is CC1(CNC(=O)c2ccc3cc[nH]c3c2)CCNCC1. The van der Waals surface area contributed by atoms with Crippen molar-refractivity contribution in [2.45, 2.75) is 19.8 Å². The molecule has 3 rings (SSSR count). The molecule has 2 aromatic rings. The third kappa shape index (κ3) is 2.70. The Labute approximate surface area is 118 Å². The minimum atomic E-state index is 0.0151. The van der Waals surface area contributed by atoms with Crippen LogP contribution in [0.25, 0.3) is 10.9 Å². The molecule has 0 spiro atoms. The van der Waals surface area contributed by atoms with Gasteiger partial charge in [0.15, 0.2) is 0 Å². The Hall–Kier alpha value is -1.81. The molecule has 0 atom stereocenters. The molecule has 1 aliphatic heterocycles. The molecule has 2 heterocycles. The van der Waals surface area contributed by atoms with Crippen LogP contribution < -0.4 is 10.6 Å². The van der Waals surface area contributed by atoms with Crippen LogP contribution in [0, 0.1) is 5.41 Å². The van der Waals surface area contributed by atoms with Gasteiger partial charge in [-0.25, -0.2) is 0 Å². The fourth-order valence-electron chi connectivity index (χ4n) is 2.79. The monoisotopic (exact) mass is 271 g/mol. The van der Waals surface area contributed by atoms with Gasteiger partial charge in [0, 0.05) is 23.8 Å². The van der Waals surface area contributed by atoms with Crippen molar-refractivity contribution in [2.75, 3.05) is 19.6 Å². The van der Waals surface area contributed by atoms with Crippen molar-refractivity contribution in [1.82, 2.24) is 15.6 Å². The number of carbonyl (C=O) groups is 1. The largest absolute Gasteiger partial charge is 0.361 e. The summed E-state index contributed by atoms with van der Waals surface area (Å²) in [4.78, 5) is 15.4. The number of rotatable bonds is 3. The summed E-state index contributed by atoms with van der Waals surface area (Å²) >= 11 is 0. The van der Waals surface area contributed by atoms with E-state index >= 15 is 0 Å². The molecule has 1 aliphatic rings. The first-order chi connectivity index (χ1) is 9.66. The molecule has 1 aromatic carbocycles. The number of piperidine rings is 1. The van der Waals surface area contributed by atoms with Crippen LogP contribution in [-0.4, -0.2) is 30.5 Å². The van der Waals surface area contributed by atoms with Gasteiger partial charge >= 0.3 is 0 Å². The Morgan fingerprint density at radius 1 is 1.30 bits per heavy atom. The maximum Gasteiger partial charge on any atom is 0.251 e. The molecule has 4 nitrogen and oxygen atoms in total. The van der Waals surface area contributed by atoms with E-state index in [0.29, 0.717) is 0 Å². The third-order valence-electron chi connectivity index (χ3n) is 4.30. The molecular weight excluding hydrogens is 250 g/mol. The summed E-state index contributed by atoms with van der Waals surface area (Å²) in [6.45, 7) is 5.08. The van der Waals surface area contributed by atoms with Crippen LogP contribution in [0.5, 0.6) is 0 Å². The molecule has 0 radical (unpaired) electrons. The maximum absolute atomic E-state index is 12.3. The Bertz CT molecular complexity index is 611. The van der Waals surface area contributed by atoms with E-state index in [2.05, 4.69) is 22.5 Å². The lowest BCUT2D eigenvalue weighted by atomic mass is 9.81. The molecule has 1 aromatic heterocycles. The number of nitrogens with one attached hydrogen (secondary N) is 3. The molecule has 4 heteroatoms. The van der Waals surface area contributed by atoms with E-state index in [1.165, 1.54) is 0 Å². The van der Waals surface area contributed by atoms with E-state index in [1.807, 2.05) is 30.5 Å². The van der Waals surface area contributed by atoms with Crippen LogP contribution in [0.2, 0.25) is 0 Å². The van der Waals surface area contributed by atoms with E-state index in [0.717, 1.165) is 48.9 Å². The first-order valence-electron chi connectivity index (χ1n) is 7.22. The summed E-state index contributed by atoms with van der Waals surface area (Å²) in [5.41, 5.74) is 1.94. The topological polar surface area (TPSA) is 56.9 Å². The van der Waals surface area contributed by atoms with Crippen molar-refractivity contribution in [3.8, 4) is 0 Å². The normalized spacial score (nSPS) is 18.1. The quantitative estimate of drug-likeness (QED) is 0.802. The first kappa shape index (κ1) is 13.2. The van der Waals surface area contributed by atoms with E-state index < -0.39 is 0 Å². The lowest BCUT2D eigenvalue weighted by Gasteiger charge is -2.34. The molecule has 1 fully saturated rings. The van der Waals surface area contributed by atoms with Gasteiger partial charge in [-0.1, -0.05) is 13.0 Å². The van der Waals surface area contributed by atoms with Gasteiger partial charge in [-0.15, -0.1) is 0 Å². The van der Waals surface area contributed by atoms with Crippen molar-refractivity contribution in [3.05, 3.63) is 36.0 Å². The highest BCUT2D eigenvalue weighted by Crippen LogP contribution is 2.26. The molecule has 1 amide bonds. The average molecular weight is 271 g/mol. The molecule has 1 saturated heterocycles. The molecule has 0 bridgehead atoms. The Balaban J connectivity index is 1.66. The van der Waals surface area contributed by atoms with Crippen LogP contribution in [-0.2, 0) is 0 Å². The van der Waals surface area contributed by atoms with Gasteiger partial charge in [-0.3, -0.25) is 4.79 Å². The zero-order valence-corrected chi connectivity index (χ0v) is 11.8. The molecule has 20 heavy (non-hydrogen) atoms. The molecule has 0 unspecified atom stereocenters. The van der Waals surface area contributed by atoms with Gasteiger partial charge in [0.1, 0.15) is 0 Å². The number of fused-ring (bicyclic) bond motifs is 1. The first-order valence-corrected chi connectivity index (χ1v) is 7.22.